The van der Waals surface area contributed by atoms with Gasteiger partial charge in [-0.3, -0.25) is 9.59 Å². The molecular formula is C13H17NO7. The molecule has 2 rings (SSSR count). The van der Waals surface area contributed by atoms with Gasteiger partial charge in [-0.25, -0.2) is 4.79 Å². The van der Waals surface area contributed by atoms with Gasteiger partial charge in [0.2, 0.25) is 5.91 Å². The van der Waals surface area contributed by atoms with Gasteiger partial charge in [0, 0.05) is 13.2 Å². The third-order valence-corrected chi connectivity index (χ3v) is 3.68. The number of hydrogen-bond acceptors (Lipinski definition) is 7. The summed E-state index contributed by atoms with van der Waals surface area (Å²) in [4.78, 5) is 36.4. The highest BCUT2D eigenvalue weighted by atomic mass is 16.7. The summed E-state index contributed by atoms with van der Waals surface area (Å²) in [5.41, 5.74) is -1.72. The second kappa shape index (κ2) is 5.45. The highest BCUT2D eigenvalue weighted by Crippen LogP contribution is 2.51. The molecular weight excluding hydrogens is 282 g/mol. The predicted octanol–water partition coefficient (Wildman–Crippen LogP) is -0.514. The second-order valence-electron chi connectivity index (χ2n) is 4.58. The lowest BCUT2D eigenvalue weighted by Gasteiger charge is -2.43. The lowest BCUT2D eigenvalue weighted by Crippen LogP contribution is -2.66. The first-order valence-corrected chi connectivity index (χ1v) is 6.46. The van der Waals surface area contributed by atoms with Gasteiger partial charge in [-0.05, 0) is 13.3 Å². The molecule has 2 aliphatic heterocycles. The number of nitrogens with one attached hydrogen (secondary N) is 1. The fourth-order valence-corrected chi connectivity index (χ4v) is 2.77. The Labute approximate surface area is 121 Å². The largest absolute Gasteiger partial charge is 0.466 e. The molecule has 1 saturated heterocycles. The van der Waals surface area contributed by atoms with Crippen molar-refractivity contribution in [1.29, 1.82) is 0 Å². The maximum Gasteiger partial charge on any atom is 0.335 e. The smallest absolute Gasteiger partial charge is 0.335 e. The van der Waals surface area contributed by atoms with Crippen molar-refractivity contribution in [3.8, 4) is 0 Å². The van der Waals surface area contributed by atoms with E-state index in [1.807, 2.05) is 0 Å². The van der Waals surface area contributed by atoms with Crippen molar-refractivity contribution in [1.82, 2.24) is 5.32 Å². The molecule has 0 bridgehead atoms. The standard InChI is InChI=1S/C13H17NO7/c1-4-20-11(17)12-5-6-21-13(12,19-3)14-9(15)7-8(12)10(16)18-2/h7H,4-6H2,1-3H3,(H,14,15)/t12-,13+/m1/s1. The van der Waals surface area contributed by atoms with Crippen molar-refractivity contribution < 1.29 is 33.3 Å². The minimum absolute atomic E-state index is 0.112. The third kappa shape index (κ3) is 2.02. The summed E-state index contributed by atoms with van der Waals surface area (Å²) in [6, 6.07) is 0. The van der Waals surface area contributed by atoms with Crippen LogP contribution in [0.1, 0.15) is 13.3 Å². The van der Waals surface area contributed by atoms with E-state index in [1.165, 1.54) is 14.2 Å². The maximum absolute atomic E-state index is 12.5. The molecule has 0 radical (unpaired) electrons. The molecule has 0 saturated carbocycles. The van der Waals surface area contributed by atoms with E-state index in [0.717, 1.165) is 6.08 Å². The first-order valence-electron chi connectivity index (χ1n) is 6.46. The van der Waals surface area contributed by atoms with E-state index >= 15 is 0 Å². The zero-order chi connectivity index (χ0) is 15.7. The van der Waals surface area contributed by atoms with E-state index in [0.29, 0.717) is 0 Å². The molecule has 1 N–H and O–H groups in total. The van der Waals surface area contributed by atoms with Crippen LogP contribution in [-0.2, 0) is 33.3 Å². The van der Waals surface area contributed by atoms with Gasteiger partial charge in [0.25, 0.3) is 5.91 Å². The summed E-state index contributed by atoms with van der Waals surface area (Å²) < 4.78 is 20.5. The minimum Gasteiger partial charge on any atom is -0.466 e. The Morgan fingerprint density at radius 3 is 2.71 bits per heavy atom. The van der Waals surface area contributed by atoms with Crippen molar-refractivity contribution in [2.45, 2.75) is 19.3 Å². The van der Waals surface area contributed by atoms with Gasteiger partial charge in [0.1, 0.15) is 0 Å². The van der Waals surface area contributed by atoms with Crippen molar-refractivity contribution in [2.75, 3.05) is 27.4 Å². The molecule has 1 fully saturated rings. The quantitative estimate of drug-likeness (QED) is 0.697. The van der Waals surface area contributed by atoms with E-state index in [4.69, 9.17) is 14.2 Å². The minimum atomic E-state index is -1.77. The molecule has 0 unspecified atom stereocenters. The molecule has 0 aliphatic carbocycles. The highest BCUT2D eigenvalue weighted by molar-refractivity contribution is 6.07. The molecule has 21 heavy (non-hydrogen) atoms. The number of rotatable bonds is 4. The van der Waals surface area contributed by atoms with Crippen LogP contribution in [0.4, 0.5) is 0 Å². The van der Waals surface area contributed by atoms with Gasteiger partial charge < -0.3 is 24.3 Å². The second-order valence-corrected chi connectivity index (χ2v) is 4.58. The van der Waals surface area contributed by atoms with Gasteiger partial charge in [0.15, 0.2) is 5.41 Å². The first-order chi connectivity index (χ1) is 9.97. The predicted molar refractivity (Wildman–Crippen MR) is 67.6 cm³/mol. The molecule has 2 heterocycles. The molecule has 2 atom stereocenters. The SMILES string of the molecule is CCOC(=O)[C@]12CCO[C@]1(OC)NC(=O)C=C2C(=O)OC. The Morgan fingerprint density at radius 1 is 1.43 bits per heavy atom. The fraction of sp³-hybridized carbons (Fsp3) is 0.615. The van der Waals surface area contributed by atoms with Crippen molar-refractivity contribution >= 4 is 17.8 Å². The molecule has 0 aromatic heterocycles. The van der Waals surface area contributed by atoms with Gasteiger partial charge in [-0.15, -0.1) is 0 Å². The number of carbonyl (C=O) groups excluding carboxylic acids is 3. The number of fused-ring (bicyclic) bond motifs is 1. The highest BCUT2D eigenvalue weighted by Gasteiger charge is 2.69. The molecule has 8 heteroatoms. The van der Waals surface area contributed by atoms with E-state index in [1.54, 1.807) is 6.92 Å². The van der Waals surface area contributed by atoms with Crippen LogP contribution >= 0.6 is 0 Å². The van der Waals surface area contributed by atoms with E-state index in [-0.39, 0.29) is 25.2 Å². The van der Waals surface area contributed by atoms with Crippen LogP contribution in [0.5, 0.6) is 0 Å². The summed E-state index contributed by atoms with van der Waals surface area (Å²) in [6.07, 6.45) is 1.15. The topological polar surface area (TPSA) is 100 Å². The summed E-state index contributed by atoms with van der Waals surface area (Å²) in [6.45, 7) is 1.87. The van der Waals surface area contributed by atoms with Crippen molar-refractivity contribution in [3.05, 3.63) is 11.6 Å². The Hall–Kier alpha value is -1.93. The fourth-order valence-electron chi connectivity index (χ4n) is 2.77. The van der Waals surface area contributed by atoms with Crippen LogP contribution in [-0.4, -0.2) is 51.2 Å². The van der Waals surface area contributed by atoms with Crippen LogP contribution in [0.2, 0.25) is 0 Å². The van der Waals surface area contributed by atoms with Gasteiger partial charge in [-0.1, -0.05) is 0 Å². The molecule has 0 aromatic carbocycles. The summed E-state index contributed by atoms with van der Waals surface area (Å²) in [5, 5.41) is 2.46. The number of hydrogen-bond donors (Lipinski definition) is 1. The Balaban J connectivity index is 2.64. The van der Waals surface area contributed by atoms with Crippen LogP contribution in [0.25, 0.3) is 0 Å². The van der Waals surface area contributed by atoms with Crippen LogP contribution < -0.4 is 5.32 Å². The van der Waals surface area contributed by atoms with Crippen LogP contribution in [0, 0.1) is 5.41 Å². The zero-order valence-electron chi connectivity index (χ0n) is 12.1. The zero-order valence-corrected chi connectivity index (χ0v) is 12.1. The average molecular weight is 299 g/mol. The third-order valence-electron chi connectivity index (χ3n) is 3.68. The molecule has 8 nitrogen and oxygen atoms in total. The summed E-state index contributed by atoms with van der Waals surface area (Å²) in [5.74, 6) is -3.89. The van der Waals surface area contributed by atoms with Crippen molar-refractivity contribution in [3.63, 3.8) is 0 Å². The average Bonchev–Trinajstić information content (AvgIpc) is 2.86. The number of esters is 2. The van der Waals surface area contributed by atoms with Crippen LogP contribution in [0.15, 0.2) is 11.6 Å². The van der Waals surface area contributed by atoms with Crippen molar-refractivity contribution in [2.24, 2.45) is 5.41 Å². The summed E-state index contributed by atoms with van der Waals surface area (Å²) in [7, 11) is 2.44. The van der Waals surface area contributed by atoms with E-state index < -0.39 is 29.2 Å². The molecule has 2 aliphatic rings. The summed E-state index contributed by atoms with van der Waals surface area (Å²) >= 11 is 0. The Kier molecular flexibility index (Phi) is 4.02. The van der Waals surface area contributed by atoms with Crippen LogP contribution in [0.3, 0.4) is 0 Å². The Bertz CT molecular complexity index is 515. The van der Waals surface area contributed by atoms with Gasteiger partial charge in [-0.2, -0.15) is 0 Å². The van der Waals surface area contributed by atoms with E-state index in [9.17, 15) is 14.4 Å². The first kappa shape index (κ1) is 15.5. The van der Waals surface area contributed by atoms with Gasteiger partial charge in [0.05, 0.1) is 25.9 Å². The number of amides is 1. The normalized spacial score (nSPS) is 31.0. The molecule has 116 valence electrons. The number of methoxy groups -OCH3 is 2. The van der Waals surface area contributed by atoms with Gasteiger partial charge >= 0.3 is 11.9 Å². The Morgan fingerprint density at radius 2 is 2.14 bits per heavy atom. The molecule has 0 aromatic rings. The molecule has 0 spiro atoms. The lowest BCUT2D eigenvalue weighted by molar-refractivity contribution is -0.258. The van der Waals surface area contributed by atoms with E-state index in [2.05, 4.69) is 10.1 Å². The molecule has 1 amide bonds. The monoisotopic (exact) mass is 299 g/mol. The maximum atomic E-state index is 12.5. The number of carbonyl (C=O) groups is 3. The number of ether oxygens (including phenoxy) is 4. The lowest BCUT2D eigenvalue weighted by atomic mass is 9.72.